The second kappa shape index (κ2) is 7.44. The fourth-order valence-electron chi connectivity index (χ4n) is 3.11. The average molecular weight is 380 g/mol. The molecule has 7 heteroatoms. The molecule has 6 nitrogen and oxygen atoms in total. The highest BCUT2D eigenvalue weighted by atomic mass is 32.2. The maximum absolute atomic E-state index is 12.9. The van der Waals surface area contributed by atoms with Gasteiger partial charge in [0.25, 0.3) is 5.91 Å². The van der Waals surface area contributed by atoms with Gasteiger partial charge in [0.2, 0.25) is 0 Å². The van der Waals surface area contributed by atoms with Crippen LogP contribution in [0.4, 0.5) is 0 Å². The zero-order valence-corrected chi connectivity index (χ0v) is 15.7. The van der Waals surface area contributed by atoms with Gasteiger partial charge in [0, 0.05) is 16.5 Å². The van der Waals surface area contributed by atoms with Gasteiger partial charge in [-0.15, -0.1) is 5.10 Å². The molecule has 0 bridgehead atoms. The number of unbranched alkanes of at least 4 members (excludes halogenated alkanes) is 1. The molecule has 138 valence electrons. The first-order valence-electron chi connectivity index (χ1n) is 8.95. The smallest absolute Gasteiger partial charge is 0.276 e. The van der Waals surface area contributed by atoms with Gasteiger partial charge in [0.15, 0.2) is 11.3 Å². The van der Waals surface area contributed by atoms with Crippen molar-refractivity contribution in [1.82, 2.24) is 10.3 Å². The van der Waals surface area contributed by atoms with Crippen molar-refractivity contribution in [3.63, 3.8) is 0 Å². The predicted octanol–water partition coefficient (Wildman–Crippen LogP) is 2.07. The maximum Gasteiger partial charge on any atom is 0.276 e. The minimum atomic E-state index is -0.505. The normalized spacial score (nSPS) is 18.2. The molecule has 1 atom stereocenters. The molecule has 0 spiro atoms. The topological polar surface area (TPSA) is 77.3 Å². The van der Waals surface area contributed by atoms with Crippen molar-refractivity contribution in [2.45, 2.75) is 25.9 Å². The molecule has 2 N–H and O–H groups in total. The first kappa shape index (κ1) is 17.6. The summed E-state index contributed by atoms with van der Waals surface area (Å²) in [6, 6.07) is 14.5. The van der Waals surface area contributed by atoms with Gasteiger partial charge < -0.3 is 5.11 Å². The third-order valence-corrected chi connectivity index (χ3v) is 5.37. The van der Waals surface area contributed by atoms with E-state index >= 15 is 0 Å². The summed E-state index contributed by atoms with van der Waals surface area (Å²) < 4.78 is 0. The zero-order valence-electron chi connectivity index (χ0n) is 14.9. The van der Waals surface area contributed by atoms with Crippen molar-refractivity contribution in [3.05, 3.63) is 64.7 Å². The van der Waals surface area contributed by atoms with E-state index in [0.717, 1.165) is 34.7 Å². The monoisotopic (exact) mass is 380 g/mol. The summed E-state index contributed by atoms with van der Waals surface area (Å²) in [5, 5.41) is 21.2. The molecule has 0 aromatic heterocycles. The zero-order chi connectivity index (χ0) is 18.8. The molecule has 0 fully saturated rings. The number of carbonyl (C=O) groups excluding carboxylic acids is 1. The molecular weight excluding hydrogens is 360 g/mol. The van der Waals surface area contributed by atoms with Crippen LogP contribution in [0.2, 0.25) is 0 Å². The molecule has 0 saturated carbocycles. The van der Waals surface area contributed by atoms with Crippen molar-refractivity contribution in [2.75, 3.05) is 5.75 Å². The molecular formula is C20H20N4O2S. The van der Waals surface area contributed by atoms with Crippen molar-refractivity contribution in [1.29, 1.82) is 0 Å². The van der Waals surface area contributed by atoms with Crippen LogP contribution in [0.1, 0.15) is 31.5 Å². The SMILES string of the molecule is CCCCSC1=NN2C(=c3ccccc3=NC2c2cccc(O)c2)C(=O)N1. The lowest BCUT2D eigenvalue weighted by Gasteiger charge is -2.34. The molecule has 2 aromatic rings. The molecule has 1 amide bonds. The standard InChI is InChI=1S/C20H20N4O2S/c1-2-3-11-27-20-22-19(26)17-15-9-4-5-10-16(15)21-18(24(17)23-20)13-7-6-8-14(25)12-13/h4-10,12,18,25H,2-3,11H2,1H3,(H,22,23,26). The predicted molar refractivity (Wildman–Crippen MR) is 106 cm³/mol. The number of hydrogen-bond acceptors (Lipinski definition) is 6. The number of benzene rings is 2. The van der Waals surface area contributed by atoms with Gasteiger partial charge in [-0.05, 0) is 24.6 Å². The molecule has 27 heavy (non-hydrogen) atoms. The van der Waals surface area contributed by atoms with E-state index in [-0.39, 0.29) is 11.7 Å². The van der Waals surface area contributed by atoms with E-state index in [2.05, 4.69) is 17.3 Å². The minimum absolute atomic E-state index is 0.158. The molecule has 0 radical (unpaired) electrons. The second-order valence-corrected chi connectivity index (χ2v) is 7.45. The summed E-state index contributed by atoms with van der Waals surface area (Å²) in [6.45, 7) is 2.13. The van der Waals surface area contributed by atoms with E-state index in [0.29, 0.717) is 10.9 Å². The Morgan fingerprint density at radius 1 is 1.22 bits per heavy atom. The van der Waals surface area contributed by atoms with Gasteiger partial charge in [-0.2, -0.15) is 0 Å². The number of hydrogen-bond donors (Lipinski definition) is 2. The van der Waals surface area contributed by atoms with Gasteiger partial charge in [0.1, 0.15) is 11.4 Å². The molecule has 4 rings (SSSR count). The number of carbonyl (C=O) groups is 1. The molecule has 2 aliphatic heterocycles. The Kier molecular flexibility index (Phi) is 4.85. The van der Waals surface area contributed by atoms with E-state index < -0.39 is 6.17 Å². The van der Waals surface area contributed by atoms with E-state index in [1.807, 2.05) is 30.3 Å². The number of amides is 1. The summed E-state index contributed by atoms with van der Waals surface area (Å²) >= 11 is 1.54. The van der Waals surface area contributed by atoms with Crippen LogP contribution in [0.15, 0.2) is 58.6 Å². The second-order valence-electron chi connectivity index (χ2n) is 6.37. The number of fused-ring (bicyclic) bond motifs is 2. The number of thioether (sulfide) groups is 1. The quantitative estimate of drug-likeness (QED) is 0.796. The fraction of sp³-hybridized carbons (Fsp3) is 0.250. The number of rotatable bonds is 4. The van der Waals surface area contributed by atoms with Gasteiger partial charge in [-0.1, -0.05) is 55.4 Å². The number of amidine groups is 1. The fourth-order valence-corrected chi connectivity index (χ4v) is 4.04. The summed E-state index contributed by atoms with van der Waals surface area (Å²) in [4.78, 5) is 17.7. The van der Waals surface area contributed by atoms with E-state index in [4.69, 9.17) is 4.99 Å². The van der Waals surface area contributed by atoms with Crippen LogP contribution in [0.3, 0.4) is 0 Å². The van der Waals surface area contributed by atoms with Crippen LogP contribution in [0, 0.1) is 0 Å². The number of nitrogens with zero attached hydrogens (tertiary/aromatic N) is 3. The van der Waals surface area contributed by atoms with Crippen molar-refractivity contribution < 1.29 is 9.90 Å². The van der Waals surface area contributed by atoms with Crippen molar-refractivity contribution >= 4 is 28.5 Å². The number of phenols is 1. The molecule has 2 aliphatic rings. The van der Waals surface area contributed by atoms with E-state index in [1.54, 1.807) is 23.2 Å². The third kappa shape index (κ3) is 3.42. The molecule has 2 aromatic carbocycles. The lowest BCUT2D eigenvalue weighted by molar-refractivity contribution is -0.116. The van der Waals surface area contributed by atoms with Crippen LogP contribution >= 0.6 is 11.8 Å². The molecule has 0 saturated heterocycles. The van der Waals surface area contributed by atoms with Gasteiger partial charge in [-0.25, -0.2) is 5.01 Å². The largest absolute Gasteiger partial charge is 0.508 e. The van der Waals surface area contributed by atoms with Gasteiger partial charge in [0.05, 0.1) is 5.36 Å². The van der Waals surface area contributed by atoms with Gasteiger partial charge in [-0.3, -0.25) is 15.1 Å². The molecule has 2 heterocycles. The summed E-state index contributed by atoms with van der Waals surface area (Å²) in [5.74, 6) is 0.867. The first-order chi connectivity index (χ1) is 13.2. The lowest BCUT2D eigenvalue weighted by Crippen LogP contribution is -2.50. The lowest BCUT2D eigenvalue weighted by atomic mass is 10.1. The van der Waals surface area contributed by atoms with E-state index in [1.165, 1.54) is 11.8 Å². The molecule has 0 aliphatic carbocycles. The van der Waals surface area contributed by atoms with Crippen molar-refractivity contribution in [2.24, 2.45) is 10.1 Å². The number of phenolic OH excluding ortho intramolecular Hbond substituents is 1. The highest BCUT2D eigenvalue weighted by molar-refractivity contribution is 8.13. The number of para-hydroxylation sites is 1. The number of nitrogens with one attached hydrogen (secondary N) is 1. The number of aromatic hydroxyl groups is 1. The minimum Gasteiger partial charge on any atom is -0.508 e. The Hall–Kier alpha value is -2.80. The Balaban J connectivity index is 1.84. The van der Waals surface area contributed by atoms with E-state index in [9.17, 15) is 9.90 Å². The highest BCUT2D eigenvalue weighted by Crippen LogP contribution is 2.31. The Labute approximate surface area is 161 Å². The van der Waals surface area contributed by atoms with Crippen LogP contribution in [0.25, 0.3) is 5.70 Å². The average Bonchev–Trinajstić information content (AvgIpc) is 2.67. The maximum atomic E-state index is 12.9. The summed E-state index contributed by atoms with van der Waals surface area (Å²) in [5.41, 5.74) is 1.26. The van der Waals surface area contributed by atoms with Crippen LogP contribution < -0.4 is 15.9 Å². The summed E-state index contributed by atoms with van der Waals surface area (Å²) in [7, 11) is 0. The first-order valence-corrected chi connectivity index (χ1v) is 9.94. The van der Waals surface area contributed by atoms with Crippen molar-refractivity contribution in [3.8, 4) is 5.75 Å². The summed E-state index contributed by atoms with van der Waals surface area (Å²) in [6.07, 6.45) is 1.64. The Morgan fingerprint density at radius 2 is 2.07 bits per heavy atom. The van der Waals surface area contributed by atoms with Crippen LogP contribution in [0.5, 0.6) is 5.75 Å². The third-order valence-electron chi connectivity index (χ3n) is 4.42. The molecule has 1 unspecified atom stereocenters. The van der Waals surface area contributed by atoms with Gasteiger partial charge >= 0.3 is 0 Å². The van der Waals surface area contributed by atoms with Crippen LogP contribution in [-0.4, -0.2) is 26.9 Å². The number of hydrazone groups is 1. The highest BCUT2D eigenvalue weighted by Gasteiger charge is 2.34. The Morgan fingerprint density at radius 3 is 2.89 bits per heavy atom. The van der Waals surface area contributed by atoms with Crippen LogP contribution in [-0.2, 0) is 4.79 Å². The Bertz CT molecular complexity index is 1030.